The second kappa shape index (κ2) is 5.97. The van der Waals surface area contributed by atoms with Crippen molar-refractivity contribution in [1.29, 1.82) is 0 Å². The molecule has 1 rings (SSSR count). The fraction of sp³-hybridized carbons (Fsp3) is 0.500. The lowest BCUT2D eigenvalue weighted by Gasteiger charge is -2.10. The number of hydrogen-bond donors (Lipinski definition) is 1. The van der Waals surface area contributed by atoms with Crippen LogP contribution >= 0.6 is 12.6 Å². The Kier molecular flexibility index (Phi) is 4.88. The van der Waals surface area contributed by atoms with E-state index in [0.717, 1.165) is 24.5 Å². The van der Waals surface area contributed by atoms with E-state index in [1.165, 1.54) is 5.56 Å². The molecule has 1 nitrogen and oxygen atoms in total. The third-order valence-corrected chi connectivity index (χ3v) is 2.80. The average Bonchev–Trinajstić information content (AvgIpc) is 2.26. The fourth-order valence-corrected chi connectivity index (χ4v) is 1.22. The minimum atomic E-state index is 0.504. The van der Waals surface area contributed by atoms with Crippen LogP contribution in [0.1, 0.15) is 19.4 Å². The number of thiol groups is 1. The molecule has 0 spiro atoms. The highest BCUT2D eigenvalue weighted by Gasteiger charge is 2.00. The largest absolute Gasteiger partial charge is 0.493 e. The van der Waals surface area contributed by atoms with E-state index in [4.69, 9.17) is 4.74 Å². The summed E-state index contributed by atoms with van der Waals surface area (Å²) in [4.78, 5) is 0. The Morgan fingerprint density at radius 1 is 1.29 bits per heavy atom. The molecule has 1 unspecified atom stereocenters. The first-order valence-electron chi connectivity index (χ1n) is 5.08. The van der Waals surface area contributed by atoms with Gasteiger partial charge in [-0.2, -0.15) is 12.6 Å². The number of ether oxygens (including phenoxy) is 1. The molecule has 0 aliphatic carbocycles. The molecule has 0 fully saturated rings. The van der Waals surface area contributed by atoms with Gasteiger partial charge < -0.3 is 4.74 Å². The van der Waals surface area contributed by atoms with Crippen molar-refractivity contribution >= 4 is 12.6 Å². The summed E-state index contributed by atoms with van der Waals surface area (Å²) in [6.45, 7) is 5.03. The molecule has 1 atom stereocenters. The molecular weight excluding hydrogens is 192 g/mol. The van der Waals surface area contributed by atoms with Gasteiger partial charge in [0.15, 0.2) is 0 Å². The van der Waals surface area contributed by atoms with Gasteiger partial charge in [0, 0.05) is 0 Å². The van der Waals surface area contributed by atoms with Gasteiger partial charge in [-0.1, -0.05) is 26.0 Å². The van der Waals surface area contributed by atoms with E-state index in [2.05, 4.69) is 38.6 Å². The molecule has 14 heavy (non-hydrogen) atoms. The summed E-state index contributed by atoms with van der Waals surface area (Å²) in [6.07, 6.45) is 1.08. The molecule has 0 bridgehead atoms. The van der Waals surface area contributed by atoms with Crippen LogP contribution in [0.3, 0.4) is 0 Å². The average molecular weight is 210 g/mol. The molecule has 1 aromatic rings. The lowest BCUT2D eigenvalue weighted by molar-refractivity contribution is 0.273. The first-order chi connectivity index (χ1) is 6.76. The van der Waals surface area contributed by atoms with Crippen molar-refractivity contribution in [1.82, 2.24) is 0 Å². The van der Waals surface area contributed by atoms with Crippen molar-refractivity contribution in [3.8, 4) is 5.75 Å². The predicted octanol–water partition coefficient (Wildman–Crippen LogP) is 3.19. The minimum Gasteiger partial charge on any atom is -0.493 e. The van der Waals surface area contributed by atoms with Gasteiger partial charge in [-0.3, -0.25) is 0 Å². The molecule has 1 aromatic carbocycles. The SMILES string of the molecule is CCc1ccc(OCC(C)CS)cc1. The summed E-state index contributed by atoms with van der Waals surface area (Å²) in [5.74, 6) is 2.33. The van der Waals surface area contributed by atoms with E-state index in [1.54, 1.807) is 0 Å². The molecule has 0 heterocycles. The molecule has 0 aliphatic rings. The second-order valence-corrected chi connectivity index (χ2v) is 3.96. The van der Waals surface area contributed by atoms with Gasteiger partial charge >= 0.3 is 0 Å². The van der Waals surface area contributed by atoms with Crippen LogP contribution in [-0.4, -0.2) is 12.4 Å². The van der Waals surface area contributed by atoms with Gasteiger partial charge in [0.05, 0.1) is 6.61 Å². The van der Waals surface area contributed by atoms with Crippen molar-refractivity contribution in [2.45, 2.75) is 20.3 Å². The van der Waals surface area contributed by atoms with Crippen LogP contribution in [0.5, 0.6) is 5.75 Å². The third kappa shape index (κ3) is 3.62. The van der Waals surface area contributed by atoms with Crippen molar-refractivity contribution < 1.29 is 4.74 Å². The molecule has 0 aromatic heterocycles. The van der Waals surface area contributed by atoms with Crippen LogP contribution in [0.15, 0.2) is 24.3 Å². The molecule has 78 valence electrons. The van der Waals surface area contributed by atoms with Crippen molar-refractivity contribution in [2.75, 3.05) is 12.4 Å². The van der Waals surface area contributed by atoms with Gasteiger partial charge in [0.1, 0.15) is 5.75 Å². The number of benzene rings is 1. The zero-order chi connectivity index (χ0) is 10.4. The highest BCUT2D eigenvalue weighted by atomic mass is 32.1. The monoisotopic (exact) mass is 210 g/mol. The minimum absolute atomic E-state index is 0.504. The van der Waals surface area contributed by atoms with E-state index in [0.29, 0.717) is 5.92 Å². The Balaban J connectivity index is 2.43. The highest BCUT2D eigenvalue weighted by Crippen LogP contribution is 2.13. The van der Waals surface area contributed by atoms with Crippen LogP contribution in [0.4, 0.5) is 0 Å². The topological polar surface area (TPSA) is 9.23 Å². The zero-order valence-electron chi connectivity index (χ0n) is 8.86. The lowest BCUT2D eigenvalue weighted by atomic mass is 10.2. The molecule has 2 heteroatoms. The quantitative estimate of drug-likeness (QED) is 0.734. The first-order valence-corrected chi connectivity index (χ1v) is 5.72. The summed E-state index contributed by atoms with van der Waals surface area (Å²) in [7, 11) is 0. The second-order valence-electron chi connectivity index (χ2n) is 3.60. The van der Waals surface area contributed by atoms with E-state index >= 15 is 0 Å². The van der Waals surface area contributed by atoms with E-state index in [-0.39, 0.29) is 0 Å². The normalized spacial score (nSPS) is 12.5. The Hall–Kier alpha value is -0.630. The molecular formula is C12H18OS. The Morgan fingerprint density at radius 3 is 2.43 bits per heavy atom. The molecule has 0 N–H and O–H groups in total. The summed E-state index contributed by atoms with van der Waals surface area (Å²) >= 11 is 4.21. The predicted molar refractivity (Wildman–Crippen MR) is 64.3 cm³/mol. The van der Waals surface area contributed by atoms with Crippen LogP contribution in [0, 0.1) is 5.92 Å². The maximum atomic E-state index is 5.61. The standard InChI is InChI=1S/C12H18OS/c1-3-11-4-6-12(7-5-11)13-8-10(2)9-14/h4-7,10,14H,3,8-9H2,1-2H3. The van der Waals surface area contributed by atoms with Gasteiger partial charge in [-0.05, 0) is 35.8 Å². The van der Waals surface area contributed by atoms with Crippen LogP contribution in [0.25, 0.3) is 0 Å². The van der Waals surface area contributed by atoms with E-state index in [9.17, 15) is 0 Å². The Bertz CT molecular complexity index is 256. The van der Waals surface area contributed by atoms with Gasteiger partial charge in [0.25, 0.3) is 0 Å². The summed E-state index contributed by atoms with van der Waals surface area (Å²) in [5, 5.41) is 0. The Morgan fingerprint density at radius 2 is 1.93 bits per heavy atom. The molecule has 0 radical (unpaired) electrons. The summed E-state index contributed by atoms with van der Waals surface area (Å²) < 4.78 is 5.61. The third-order valence-electron chi connectivity index (χ3n) is 2.18. The maximum absolute atomic E-state index is 5.61. The summed E-state index contributed by atoms with van der Waals surface area (Å²) in [5.41, 5.74) is 1.35. The number of rotatable bonds is 5. The highest BCUT2D eigenvalue weighted by molar-refractivity contribution is 7.80. The van der Waals surface area contributed by atoms with E-state index in [1.807, 2.05) is 12.1 Å². The smallest absolute Gasteiger partial charge is 0.119 e. The van der Waals surface area contributed by atoms with Crippen molar-refractivity contribution in [2.24, 2.45) is 5.92 Å². The van der Waals surface area contributed by atoms with Gasteiger partial charge in [-0.25, -0.2) is 0 Å². The number of aryl methyl sites for hydroxylation is 1. The first kappa shape index (κ1) is 11.4. The van der Waals surface area contributed by atoms with Gasteiger partial charge in [0.2, 0.25) is 0 Å². The van der Waals surface area contributed by atoms with Crippen LogP contribution in [0.2, 0.25) is 0 Å². The number of hydrogen-bond acceptors (Lipinski definition) is 2. The summed E-state index contributed by atoms with van der Waals surface area (Å²) in [6, 6.07) is 8.29. The lowest BCUT2D eigenvalue weighted by Crippen LogP contribution is -2.09. The van der Waals surface area contributed by atoms with Crippen molar-refractivity contribution in [3.05, 3.63) is 29.8 Å². The molecule has 0 amide bonds. The molecule has 0 aliphatic heterocycles. The van der Waals surface area contributed by atoms with Crippen LogP contribution < -0.4 is 4.74 Å². The zero-order valence-corrected chi connectivity index (χ0v) is 9.76. The maximum Gasteiger partial charge on any atom is 0.119 e. The molecule has 0 saturated heterocycles. The van der Waals surface area contributed by atoms with E-state index < -0.39 is 0 Å². The van der Waals surface area contributed by atoms with Crippen LogP contribution in [-0.2, 0) is 6.42 Å². The molecule has 0 saturated carbocycles. The Labute approximate surface area is 91.9 Å². The van der Waals surface area contributed by atoms with Crippen molar-refractivity contribution in [3.63, 3.8) is 0 Å². The van der Waals surface area contributed by atoms with Gasteiger partial charge in [-0.15, -0.1) is 0 Å². The fourth-order valence-electron chi connectivity index (χ4n) is 1.11.